The van der Waals surface area contributed by atoms with Crippen LogP contribution < -0.4 is 10.2 Å². The van der Waals surface area contributed by atoms with E-state index in [1.54, 1.807) is 0 Å². The van der Waals surface area contributed by atoms with Crippen LogP contribution in [-0.2, 0) is 0 Å². The molecule has 1 heterocycles. The predicted octanol–water partition coefficient (Wildman–Crippen LogP) is 1.53. The minimum absolute atomic E-state index is 0.00861. The third-order valence-corrected chi connectivity index (χ3v) is 3.43. The molecule has 2 amide bonds. The normalized spacial score (nSPS) is 16.3. The zero-order valence-electron chi connectivity index (χ0n) is 11.9. The summed E-state index contributed by atoms with van der Waals surface area (Å²) in [5.41, 5.74) is 1.96. The number of anilines is 2. The Kier molecular flexibility index (Phi) is 4.27. The number of carbonyl (C=O) groups is 1. The van der Waals surface area contributed by atoms with Crippen molar-refractivity contribution in [2.45, 2.75) is 0 Å². The van der Waals surface area contributed by atoms with Crippen molar-refractivity contribution >= 4 is 17.4 Å². The van der Waals surface area contributed by atoms with Gasteiger partial charge in [-0.3, -0.25) is 0 Å². The molecule has 0 aromatic heterocycles. The number of nitrogens with zero attached hydrogens (tertiary/aromatic N) is 3. The molecule has 5 nitrogen and oxygen atoms in total. The van der Waals surface area contributed by atoms with E-state index >= 15 is 0 Å². The van der Waals surface area contributed by atoms with Gasteiger partial charge < -0.3 is 20.0 Å². The maximum Gasteiger partial charge on any atom is 0.321 e. The molecule has 0 atom stereocenters. The van der Waals surface area contributed by atoms with Crippen LogP contribution in [0, 0.1) is 0 Å². The minimum Gasteiger partial charge on any atom is -0.378 e. The fourth-order valence-electron chi connectivity index (χ4n) is 2.05. The van der Waals surface area contributed by atoms with Crippen molar-refractivity contribution in [3.8, 4) is 0 Å². The van der Waals surface area contributed by atoms with E-state index in [9.17, 15) is 4.79 Å². The predicted molar refractivity (Wildman–Crippen MR) is 78.9 cm³/mol. The van der Waals surface area contributed by atoms with E-state index in [4.69, 9.17) is 0 Å². The van der Waals surface area contributed by atoms with Gasteiger partial charge in [0.05, 0.1) is 0 Å². The van der Waals surface area contributed by atoms with Gasteiger partial charge in [0.15, 0.2) is 0 Å². The lowest BCUT2D eigenvalue weighted by Crippen LogP contribution is -2.48. The molecule has 1 aliphatic rings. The summed E-state index contributed by atoms with van der Waals surface area (Å²) in [5.74, 6) is 0. The topological polar surface area (TPSA) is 38.8 Å². The lowest BCUT2D eigenvalue weighted by atomic mass is 10.2. The summed E-state index contributed by atoms with van der Waals surface area (Å²) >= 11 is 0. The Morgan fingerprint density at radius 1 is 1.11 bits per heavy atom. The van der Waals surface area contributed by atoms with Crippen molar-refractivity contribution in [2.24, 2.45) is 0 Å². The molecule has 0 unspecified atom stereocenters. The van der Waals surface area contributed by atoms with E-state index in [1.165, 1.54) is 0 Å². The first kappa shape index (κ1) is 13.7. The molecule has 0 aliphatic carbocycles. The molecule has 1 aliphatic heterocycles. The van der Waals surface area contributed by atoms with Crippen LogP contribution in [0.3, 0.4) is 0 Å². The molecule has 19 heavy (non-hydrogen) atoms. The van der Waals surface area contributed by atoms with E-state index in [2.05, 4.69) is 17.3 Å². The van der Waals surface area contributed by atoms with Crippen LogP contribution in [0.25, 0.3) is 0 Å². The molecule has 1 aromatic rings. The van der Waals surface area contributed by atoms with Crippen molar-refractivity contribution in [3.05, 3.63) is 24.3 Å². The highest BCUT2D eigenvalue weighted by atomic mass is 16.2. The first-order chi connectivity index (χ1) is 9.06. The maximum atomic E-state index is 12.1. The van der Waals surface area contributed by atoms with Gasteiger partial charge >= 0.3 is 6.03 Å². The van der Waals surface area contributed by atoms with Gasteiger partial charge in [-0.25, -0.2) is 4.79 Å². The summed E-state index contributed by atoms with van der Waals surface area (Å²) < 4.78 is 0. The molecule has 0 radical (unpaired) electrons. The van der Waals surface area contributed by atoms with Gasteiger partial charge in [0.1, 0.15) is 0 Å². The molecular weight excluding hydrogens is 240 g/mol. The van der Waals surface area contributed by atoms with Crippen LogP contribution in [0.5, 0.6) is 0 Å². The Balaban J connectivity index is 1.91. The fourth-order valence-corrected chi connectivity index (χ4v) is 2.05. The van der Waals surface area contributed by atoms with Gasteiger partial charge in [0, 0.05) is 51.6 Å². The number of urea groups is 1. The summed E-state index contributed by atoms with van der Waals surface area (Å²) in [7, 11) is 6.07. The molecule has 1 aromatic carbocycles. The number of benzene rings is 1. The number of hydrogen-bond acceptors (Lipinski definition) is 3. The Hall–Kier alpha value is -1.75. The number of nitrogens with one attached hydrogen (secondary N) is 1. The van der Waals surface area contributed by atoms with Gasteiger partial charge in [0.2, 0.25) is 0 Å². The molecule has 2 rings (SSSR count). The number of rotatable bonds is 2. The average Bonchev–Trinajstić information content (AvgIpc) is 2.40. The Bertz CT molecular complexity index is 422. The number of likely N-dealkylation sites (N-methyl/N-ethyl adjacent to an activating group) is 1. The van der Waals surface area contributed by atoms with E-state index < -0.39 is 0 Å². The SMILES string of the molecule is CN1CCN(C(=O)Nc2ccc(N(C)C)cc2)CC1. The summed E-state index contributed by atoms with van der Waals surface area (Å²) in [6.07, 6.45) is 0. The number of carbonyl (C=O) groups excluding carboxylic acids is 1. The smallest absolute Gasteiger partial charge is 0.321 e. The molecule has 1 fully saturated rings. The standard InChI is InChI=1S/C14H22N4O/c1-16(2)13-6-4-12(5-7-13)15-14(19)18-10-8-17(3)9-11-18/h4-7H,8-11H2,1-3H3,(H,15,19). The van der Waals surface area contributed by atoms with E-state index in [1.807, 2.05) is 48.2 Å². The van der Waals surface area contributed by atoms with Crippen LogP contribution >= 0.6 is 0 Å². The third kappa shape index (κ3) is 3.61. The number of piperazine rings is 1. The second kappa shape index (κ2) is 5.93. The van der Waals surface area contributed by atoms with Crippen molar-refractivity contribution in [1.29, 1.82) is 0 Å². The van der Waals surface area contributed by atoms with Crippen LogP contribution in [-0.4, -0.2) is 63.2 Å². The second-order valence-electron chi connectivity index (χ2n) is 5.16. The Morgan fingerprint density at radius 3 is 2.21 bits per heavy atom. The maximum absolute atomic E-state index is 12.1. The molecule has 104 valence electrons. The number of hydrogen-bond donors (Lipinski definition) is 1. The van der Waals surface area contributed by atoms with Crippen LogP contribution in [0.2, 0.25) is 0 Å². The summed E-state index contributed by atoms with van der Waals surface area (Å²) in [6, 6.07) is 7.86. The van der Waals surface area contributed by atoms with Crippen LogP contribution in [0.15, 0.2) is 24.3 Å². The van der Waals surface area contributed by atoms with Gasteiger partial charge in [-0.05, 0) is 31.3 Å². The van der Waals surface area contributed by atoms with Crippen molar-refractivity contribution in [2.75, 3.05) is 57.5 Å². The second-order valence-corrected chi connectivity index (χ2v) is 5.16. The molecule has 0 saturated carbocycles. The monoisotopic (exact) mass is 262 g/mol. The minimum atomic E-state index is -0.00861. The summed E-state index contributed by atoms with van der Waals surface area (Å²) in [6.45, 7) is 3.45. The van der Waals surface area contributed by atoms with Crippen LogP contribution in [0.4, 0.5) is 16.2 Å². The third-order valence-electron chi connectivity index (χ3n) is 3.43. The summed E-state index contributed by atoms with van der Waals surface area (Å²) in [4.78, 5) is 18.2. The first-order valence-electron chi connectivity index (χ1n) is 6.58. The van der Waals surface area contributed by atoms with Crippen molar-refractivity contribution in [3.63, 3.8) is 0 Å². The molecule has 5 heteroatoms. The van der Waals surface area contributed by atoms with Gasteiger partial charge in [-0.1, -0.05) is 0 Å². The fraction of sp³-hybridized carbons (Fsp3) is 0.500. The van der Waals surface area contributed by atoms with E-state index in [0.717, 1.165) is 37.6 Å². The van der Waals surface area contributed by atoms with Gasteiger partial charge in [-0.15, -0.1) is 0 Å². The Labute approximate surface area is 114 Å². The molecule has 1 N–H and O–H groups in total. The van der Waals surface area contributed by atoms with Gasteiger partial charge in [0.25, 0.3) is 0 Å². The van der Waals surface area contributed by atoms with Crippen molar-refractivity contribution < 1.29 is 4.79 Å². The molecular formula is C14H22N4O. The zero-order valence-corrected chi connectivity index (χ0v) is 11.9. The zero-order chi connectivity index (χ0) is 13.8. The lowest BCUT2D eigenvalue weighted by Gasteiger charge is -2.32. The largest absolute Gasteiger partial charge is 0.378 e. The molecule has 1 saturated heterocycles. The highest BCUT2D eigenvalue weighted by molar-refractivity contribution is 5.89. The lowest BCUT2D eigenvalue weighted by molar-refractivity contribution is 0.164. The molecule has 0 bridgehead atoms. The summed E-state index contributed by atoms with van der Waals surface area (Å²) in [5, 5.41) is 2.94. The van der Waals surface area contributed by atoms with Crippen molar-refractivity contribution in [1.82, 2.24) is 9.80 Å². The molecule has 0 spiro atoms. The first-order valence-corrected chi connectivity index (χ1v) is 6.58. The van der Waals surface area contributed by atoms with E-state index in [0.29, 0.717) is 0 Å². The highest BCUT2D eigenvalue weighted by Crippen LogP contribution is 2.16. The van der Waals surface area contributed by atoms with E-state index in [-0.39, 0.29) is 6.03 Å². The quantitative estimate of drug-likeness (QED) is 0.878. The highest BCUT2D eigenvalue weighted by Gasteiger charge is 2.18. The van der Waals surface area contributed by atoms with Gasteiger partial charge in [-0.2, -0.15) is 0 Å². The Morgan fingerprint density at radius 2 is 1.68 bits per heavy atom. The average molecular weight is 262 g/mol. The van der Waals surface area contributed by atoms with Crippen LogP contribution in [0.1, 0.15) is 0 Å². The number of amides is 2.